The van der Waals surface area contributed by atoms with E-state index in [1.807, 2.05) is 0 Å². The molecule has 1 aliphatic rings. The third-order valence-electron chi connectivity index (χ3n) is 3.57. The van der Waals surface area contributed by atoms with Gasteiger partial charge in [-0.15, -0.1) is 0 Å². The van der Waals surface area contributed by atoms with Gasteiger partial charge in [-0.3, -0.25) is 14.9 Å². The zero-order valence-corrected chi connectivity index (χ0v) is 10.9. The Morgan fingerprint density at radius 1 is 1.58 bits per heavy atom. The first kappa shape index (κ1) is 13.3. The number of hydrogen-bond donors (Lipinski definition) is 1. The number of aromatic hydroxyl groups is 1. The standard InChI is InChI=1S/C13H16N2O4/c1-8-6-9(8)7-14(2)13(17)10-4-3-5-11(12(10)16)15(18)19/h3-5,8-9,16H,6-7H2,1-2H3. The summed E-state index contributed by atoms with van der Waals surface area (Å²) in [6.07, 6.45) is 1.10. The SMILES string of the molecule is CC1CC1CN(C)C(=O)c1cccc([N+](=O)[O-])c1O. The maximum Gasteiger partial charge on any atom is 0.311 e. The highest BCUT2D eigenvalue weighted by molar-refractivity contribution is 5.97. The molecular formula is C13H16N2O4. The zero-order valence-electron chi connectivity index (χ0n) is 10.9. The average molecular weight is 264 g/mol. The minimum Gasteiger partial charge on any atom is -0.502 e. The number of para-hydroxylation sites is 1. The van der Waals surface area contributed by atoms with Gasteiger partial charge < -0.3 is 10.0 Å². The molecule has 1 aliphatic carbocycles. The van der Waals surface area contributed by atoms with Crippen LogP contribution in [0.2, 0.25) is 0 Å². The molecule has 1 aromatic rings. The monoisotopic (exact) mass is 264 g/mol. The number of hydrogen-bond acceptors (Lipinski definition) is 4. The fourth-order valence-electron chi connectivity index (χ4n) is 2.14. The molecule has 2 unspecified atom stereocenters. The van der Waals surface area contributed by atoms with Crippen molar-refractivity contribution in [1.29, 1.82) is 0 Å². The van der Waals surface area contributed by atoms with Gasteiger partial charge in [0, 0.05) is 19.7 Å². The summed E-state index contributed by atoms with van der Waals surface area (Å²) >= 11 is 0. The second kappa shape index (κ2) is 4.87. The quantitative estimate of drug-likeness (QED) is 0.666. The molecule has 1 saturated carbocycles. The van der Waals surface area contributed by atoms with Crippen molar-refractivity contribution in [3.63, 3.8) is 0 Å². The molecule has 0 spiro atoms. The molecule has 1 fully saturated rings. The fraction of sp³-hybridized carbons (Fsp3) is 0.462. The van der Waals surface area contributed by atoms with Gasteiger partial charge in [-0.2, -0.15) is 0 Å². The summed E-state index contributed by atoms with van der Waals surface area (Å²) < 4.78 is 0. The van der Waals surface area contributed by atoms with Gasteiger partial charge in [-0.05, 0) is 24.3 Å². The molecule has 1 N–H and O–H groups in total. The Bertz CT molecular complexity index is 529. The molecule has 1 aromatic carbocycles. The average Bonchev–Trinajstić information content (AvgIpc) is 3.03. The lowest BCUT2D eigenvalue weighted by molar-refractivity contribution is -0.385. The minimum atomic E-state index is -0.699. The molecule has 0 aliphatic heterocycles. The number of rotatable bonds is 4. The van der Waals surface area contributed by atoms with Gasteiger partial charge in [0.1, 0.15) is 0 Å². The molecule has 0 aromatic heterocycles. The lowest BCUT2D eigenvalue weighted by atomic mass is 10.1. The predicted molar refractivity (Wildman–Crippen MR) is 69.0 cm³/mol. The third kappa shape index (κ3) is 2.67. The van der Waals surface area contributed by atoms with E-state index in [-0.39, 0.29) is 11.5 Å². The molecule has 2 atom stereocenters. The Morgan fingerprint density at radius 3 is 2.74 bits per heavy atom. The largest absolute Gasteiger partial charge is 0.502 e. The molecule has 0 saturated heterocycles. The van der Waals surface area contributed by atoms with Gasteiger partial charge in [0.2, 0.25) is 5.75 Å². The van der Waals surface area contributed by atoms with Crippen molar-refractivity contribution in [3.8, 4) is 5.75 Å². The van der Waals surface area contributed by atoms with Crippen LogP contribution < -0.4 is 0 Å². The van der Waals surface area contributed by atoms with Crippen LogP contribution in [0.1, 0.15) is 23.7 Å². The molecule has 1 amide bonds. The first-order chi connectivity index (χ1) is 8.91. The van der Waals surface area contributed by atoms with Crippen molar-refractivity contribution in [2.45, 2.75) is 13.3 Å². The molecule has 0 heterocycles. The van der Waals surface area contributed by atoms with E-state index < -0.39 is 16.4 Å². The number of phenols is 1. The van der Waals surface area contributed by atoms with Crippen LogP contribution in [0.3, 0.4) is 0 Å². The Kier molecular flexibility index (Phi) is 3.42. The Labute approximate surface area is 110 Å². The second-order valence-corrected chi connectivity index (χ2v) is 5.09. The van der Waals surface area contributed by atoms with Crippen LogP contribution in [-0.2, 0) is 0 Å². The van der Waals surface area contributed by atoms with Crippen LogP contribution in [-0.4, -0.2) is 34.4 Å². The van der Waals surface area contributed by atoms with E-state index in [1.54, 1.807) is 7.05 Å². The van der Waals surface area contributed by atoms with Gasteiger partial charge >= 0.3 is 5.69 Å². The maximum atomic E-state index is 12.2. The number of carbonyl (C=O) groups excluding carboxylic acids is 1. The van der Waals surface area contributed by atoms with Gasteiger partial charge in [0.05, 0.1) is 10.5 Å². The van der Waals surface area contributed by atoms with E-state index in [0.717, 1.165) is 6.42 Å². The number of amides is 1. The van der Waals surface area contributed by atoms with Crippen molar-refractivity contribution >= 4 is 11.6 Å². The number of nitro groups is 1. The maximum absolute atomic E-state index is 12.2. The third-order valence-corrected chi connectivity index (χ3v) is 3.57. The van der Waals surface area contributed by atoms with E-state index in [4.69, 9.17) is 0 Å². The highest BCUT2D eigenvalue weighted by Crippen LogP contribution is 2.38. The summed E-state index contributed by atoms with van der Waals surface area (Å²) in [4.78, 5) is 23.7. The summed E-state index contributed by atoms with van der Waals surface area (Å²) in [5, 5.41) is 20.5. The molecule has 6 nitrogen and oxygen atoms in total. The Hall–Kier alpha value is -2.11. The van der Waals surface area contributed by atoms with Crippen molar-refractivity contribution in [2.75, 3.05) is 13.6 Å². The smallest absolute Gasteiger partial charge is 0.311 e. The predicted octanol–water partition coefficient (Wildman–Crippen LogP) is 2.03. The van der Waals surface area contributed by atoms with E-state index in [9.17, 15) is 20.0 Å². The summed E-state index contributed by atoms with van der Waals surface area (Å²) in [6, 6.07) is 3.98. The van der Waals surface area contributed by atoms with E-state index in [0.29, 0.717) is 18.4 Å². The van der Waals surface area contributed by atoms with Gasteiger partial charge in [-0.1, -0.05) is 13.0 Å². The molecule has 19 heavy (non-hydrogen) atoms. The van der Waals surface area contributed by atoms with E-state index in [1.165, 1.54) is 23.1 Å². The fourth-order valence-corrected chi connectivity index (χ4v) is 2.14. The summed E-state index contributed by atoms with van der Waals surface area (Å²) in [5.74, 6) is 0.164. The topological polar surface area (TPSA) is 83.7 Å². The van der Waals surface area contributed by atoms with Crippen molar-refractivity contribution in [1.82, 2.24) is 4.90 Å². The summed E-state index contributed by atoms with van der Waals surface area (Å²) in [6.45, 7) is 2.73. The molecule has 0 radical (unpaired) electrons. The summed E-state index contributed by atoms with van der Waals surface area (Å²) in [7, 11) is 1.64. The molecular weight excluding hydrogens is 248 g/mol. The number of nitrogens with zero attached hydrogens (tertiary/aromatic N) is 2. The highest BCUT2D eigenvalue weighted by Gasteiger charge is 2.35. The Morgan fingerprint density at radius 2 is 2.21 bits per heavy atom. The summed E-state index contributed by atoms with van der Waals surface area (Å²) in [5.41, 5.74) is -0.468. The first-order valence-electron chi connectivity index (χ1n) is 6.13. The van der Waals surface area contributed by atoms with Crippen LogP contribution in [0.4, 0.5) is 5.69 Å². The van der Waals surface area contributed by atoms with Gasteiger partial charge in [-0.25, -0.2) is 0 Å². The first-order valence-corrected chi connectivity index (χ1v) is 6.13. The normalized spacial score (nSPS) is 20.9. The lowest BCUT2D eigenvalue weighted by Gasteiger charge is -2.17. The van der Waals surface area contributed by atoms with Crippen LogP contribution in [0.15, 0.2) is 18.2 Å². The van der Waals surface area contributed by atoms with Crippen molar-refractivity contribution in [2.24, 2.45) is 11.8 Å². The molecule has 0 bridgehead atoms. The number of benzene rings is 1. The zero-order chi connectivity index (χ0) is 14.2. The molecule has 102 valence electrons. The minimum absolute atomic E-state index is 0.0231. The van der Waals surface area contributed by atoms with Gasteiger partial charge in [0.25, 0.3) is 5.91 Å². The van der Waals surface area contributed by atoms with Crippen LogP contribution in [0.25, 0.3) is 0 Å². The van der Waals surface area contributed by atoms with Crippen LogP contribution in [0, 0.1) is 22.0 Å². The van der Waals surface area contributed by atoms with E-state index >= 15 is 0 Å². The Balaban J connectivity index is 2.18. The molecule has 6 heteroatoms. The number of carbonyl (C=O) groups is 1. The van der Waals surface area contributed by atoms with Crippen LogP contribution >= 0.6 is 0 Å². The van der Waals surface area contributed by atoms with E-state index in [2.05, 4.69) is 6.92 Å². The lowest BCUT2D eigenvalue weighted by Crippen LogP contribution is -2.29. The molecule has 2 rings (SSSR count). The number of phenolic OH excluding ortho intramolecular Hbond substituents is 1. The van der Waals surface area contributed by atoms with Crippen LogP contribution in [0.5, 0.6) is 5.75 Å². The highest BCUT2D eigenvalue weighted by atomic mass is 16.6. The van der Waals surface area contributed by atoms with Gasteiger partial charge in [0.15, 0.2) is 0 Å². The van der Waals surface area contributed by atoms with Crippen molar-refractivity contribution in [3.05, 3.63) is 33.9 Å². The number of nitro benzene ring substituents is 1. The van der Waals surface area contributed by atoms with Crippen molar-refractivity contribution < 1.29 is 14.8 Å². The second-order valence-electron chi connectivity index (χ2n) is 5.09.